The van der Waals surface area contributed by atoms with Gasteiger partial charge in [0.05, 0.1) is 0 Å². The molecule has 0 aliphatic carbocycles. The Labute approximate surface area is 102 Å². The fraction of sp³-hybridized carbons (Fsp3) is 0.455. The van der Waals surface area contributed by atoms with E-state index in [9.17, 15) is 8.78 Å². The minimum atomic E-state index is -2.78. The van der Waals surface area contributed by atoms with Crippen molar-refractivity contribution in [2.24, 2.45) is 0 Å². The van der Waals surface area contributed by atoms with Crippen molar-refractivity contribution in [1.82, 2.24) is 5.32 Å². The molecule has 0 aliphatic rings. The van der Waals surface area contributed by atoms with Gasteiger partial charge in [-0.25, -0.2) is 0 Å². The molecule has 16 heavy (non-hydrogen) atoms. The van der Waals surface area contributed by atoms with Crippen molar-refractivity contribution in [3.8, 4) is 5.75 Å². The molecule has 0 atom stereocenters. The average molecular weight is 294 g/mol. The third-order valence-electron chi connectivity index (χ3n) is 1.98. The fourth-order valence-electron chi connectivity index (χ4n) is 1.26. The lowest BCUT2D eigenvalue weighted by Gasteiger charge is -2.09. The Bertz CT molecular complexity index is 334. The molecule has 0 spiro atoms. The molecule has 0 heterocycles. The Balaban J connectivity index is 2.66. The van der Waals surface area contributed by atoms with Gasteiger partial charge >= 0.3 is 6.61 Å². The van der Waals surface area contributed by atoms with Gasteiger partial charge in [0.2, 0.25) is 0 Å². The maximum Gasteiger partial charge on any atom is 0.387 e. The molecule has 5 heteroatoms. The van der Waals surface area contributed by atoms with E-state index in [0.29, 0.717) is 6.54 Å². The third-order valence-corrected chi connectivity index (χ3v) is 2.76. The lowest BCUT2D eigenvalue weighted by molar-refractivity contribution is -0.0498. The van der Waals surface area contributed by atoms with Crippen LogP contribution in [0.5, 0.6) is 5.75 Å². The Morgan fingerprint density at radius 2 is 2.19 bits per heavy atom. The van der Waals surface area contributed by atoms with E-state index in [1.54, 1.807) is 12.1 Å². The van der Waals surface area contributed by atoms with Crippen molar-refractivity contribution in [3.05, 3.63) is 28.2 Å². The van der Waals surface area contributed by atoms with Gasteiger partial charge in [-0.3, -0.25) is 0 Å². The predicted molar refractivity (Wildman–Crippen MR) is 62.8 cm³/mol. The number of rotatable bonds is 6. The minimum absolute atomic E-state index is 0.187. The van der Waals surface area contributed by atoms with E-state index in [1.165, 1.54) is 6.07 Å². The van der Waals surface area contributed by atoms with E-state index in [-0.39, 0.29) is 5.75 Å². The standard InChI is InChI=1S/C11H14BrF2NO/c1-2-5-15-7-8-6-9(16-11(13)14)3-4-10(8)12/h3-4,6,11,15H,2,5,7H2,1H3. The van der Waals surface area contributed by atoms with Gasteiger partial charge in [-0.05, 0) is 36.7 Å². The molecular weight excluding hydrogens is 280 g/mol. The summed E-state index contributed by atoms with van der Waals surface area (Å²) < 4.78 is 29.2. The number of hydrogen-bond donors (Lipinski definition) is 1. The van der Waals surface area contributed by atoms with Gasteiger partial charge in [0.15, 0.2) is 0 Å². The quantitative estimate of drug-likeness (QED) is 0.810. The van der Waals surface area contributed by atoms with E-state index < -0.39 is 6.61 Å². The summed E-state index contributed by atoms with van der Waals surface area (Å²) in [6.45, 7) is 0.817. The highest BCUT2D eigenvalue weighted by atomic mass is 79.9. The lowest BCUT2D eigenvalue weighted by Crippen LogP contribution is -2.14. The van der Waals surface area contributed by atoms with Crippen LogP contribution >= 0.6 is 15.9 Å². The minimum Gasteiger partial charge on any atom is -0.435 e. The van der Waals surface area contributed by atoms with Crippen molar-refractivity contribution in [3.63, 3.8) is 0 Å². The SMILES string of the molecule is CCCNCc1cc(OC(F)F)ccc1Br. The first-order chi connectivity index (χ1) is 7.63. The molecule has 1 aromatic rings. The number of nitrogens with one attached hydrogen (secondary N) is 1. The average Bonchev–Trinajstić information content (AvgIpc) is 2.22. The molecule has 0 aliphatic heterocycles. The van der Waals surface area contributed by atoms with Crippen LogP contribution in [0.2, 0.25) is 0 Å². The summed E-state index contributed by atoms with van der Waals surface area (Å²) in [5, 5.41) is 3.20. The van der Waals surface area contributed by atoms with Crippen molar-refractivity contribution in [1.29, 1.82) is 0 Å². The summed E-state index contributed by atoms with van der Waals surface area (Å²) in [6, 6.07) is 4.83. The first-order valence-corrected chi connectivity index (χ1v) is 5.86. The number of ether oxygens (including phenoxy) is 1. The van der Waals surface area contributed by atoms with Crippen LogP contribution in [0.25, 0.3) is 0 Å². The Kier molecular flexibility index (Phi) is 5.69. The fourth-order valence-corrected chi connectivity index (χ4v) is 1.65. The topological polar surface area (TPSA) is 21.3 Å². The summed E-state index contributed by atoms with van der Waals surface area (Å²) in [5.74, 6) is 0.187. The van der Waals surface area contributed by atoms with Crippen LogP contribution in [0, 0.1) is 0 Å². The van der Waals surface area contributed by atoms with Gasteiger partial charge in [0.1, 0.15) is 5.75 Å². The number of halogens is 3. The van der Waals surface area contributed by atoms with Gasteiger partial charge in [-0.2, -0.15) is 8.78 Å². The molecular formula is C11H14BrF2NO. The van der Waals surface area contributed by atoms with Gasteiger partial charge in [-0.1, -0.05) is 22.9 Å². The molecule has 0 aromatic heterocycles. The molecule has 2 nitrogen and oxygen atoms in total. The lowest BCUT2D eigenvalue weighted by atomic mass is 10.2. The summed E-state index contributed by atoms with van der Waals surface area (Å²) in [5.41, 5.74) is 0.909. The van der Waals surface area contributed by atoms with Gasteiger partial charge in [-0.15, -0.1) is 0 Å². The molecule has 1 rings (SSSR count). The van der Waals surface area contributed by atoms with Crippen molar-refractivity contribution in [2.75, 3.05) is 6.54 Å². The number of hydrogen-bond acceptors (Lipinski definition) is 2. The highest BCUT2D eigenvalue weighted by Crippen LogP contribution is 2.23. The highest BCUT2D eigenvalue weighted by molar-refractivity contribution is 9.10. The Hall–Kier alpha value is -0.680. The normalized spacial score (nSPS) is 10.8. The van der Waals surface area contributed by atoms with Crippen LogP contribution in [0.15, 0.2) is 22.7 Å². The number of alkyl halides is 2. The zero-order valence-corrected chi connectivity index (χ0v) is 10.6. The summed E-state index contributed by atoms with van der Waals surface area (Å²) in [7, 11) is 0. The van der Waals surface area contributed by atoms with Crippen LogP contribution in [-0.2, 0) is 6.54 Å². The second-order valence-corrected chi connectivity index (χ2v) is 4.16. The highest BCUT2D eigenvalue weighted by Gasteiger charge is 2.06. The Morgan fingerprint density at radius 3 is 2.81 bits per heavy atom. The van der Waals surface area contributed by atoms with Crippen LogP contribution < -0.4 is 10.1 Å². The largest absolute Gasteiger partial charge is 0.435 e. The van der Waals surface area contributed by atoms with Crippen molar-refractivity contribution < 1.29 is 13.5 Å². The smallest absolute Gasteiger partial charge is 0.387 e. The predicted octanol–water partition coefficient (Wildman–Crippen LogP) is 3.55. The molecule has 90 valence electrons. The first kappa shape index (κ1) is 13.4. The maximum absolute atomic E-state index is 12.0. The monoisotopic (exact) mass is 293 g/mol. The maximum atomic E-state index is 12.0. The molecule has 1 N–H and O–H groups in total. The number of benzene rings is 1. The van der Waals surface area contributed by atoms with Crippen LogP contribution in [0.1, 0.15) is 18.9 Å². The molecule has 0 radical (unpaired) electrons. The molecule has 0 saturated carbocycles. The van der Waals surface area contributed by atoms with Gasteiger partial charge < -0.3 is 10.1 Å². The molecule has 1 aromatic carbocycles. The second-order valence-electron chi connectivity index (χ2n) is 3.31. The molecule has 0 fully saturated rings. The van der Waals surface area contributed by atoms with E-state index >= 15 is 0 Å². The zero-order valence-electron chi connectivity index (χ0n) is 8.97. The molecule has 0 saturated heterocycles. The molecule has 0 unspecified atom stereocenters. The van der Waals surface area contributed by atoms with Crippen LogP contribution in [0.4, 0.5) is 8.78 Å². The van der Waals surface area contributed by atoms with Gasteiger partial charge in [0, 0.05) is 11.0 Å². The molecule has 0 bridgehead atoms. The zero-order chi connectivity index (χ0) is 12.0. The van der Waals surface area contributed by atoms with Crippen LogP contribution in [-0.4, -0.2) is 13.2 Å². The van der Waals surface area contributed by atoms with Crippen LogP contribution in [0.3, 0.4) is 0 Å². The molecule has 0 amide bonds. The first-order valence-electron chi connectivity index (χ1n) is 5.07. The van der Waals surface area contributed by atoms with E-state index in [0.717, 1.165) is 23.0 Å². The summed E-state index contributed by atoms with van der Waals surface area (Å²) in [4.78, 5) is 0. The second kappa shape index (κ2) is 6.81. The summed E-state index contributed by atoms with van der Waals surface area (Å²) >= 11 is 3.37. The van der Waals surface area contributed by atoms with Crippen molar-refractivity contribution >= 4 is 15.9 Å². The van der Waals surface area contributed by atoms with Gasteiger partial charge in [0.25, 0.3) is 0 Å². The van der Waals surface area contributed by atoms with E-state index in [1.807, 2.05) is 0 Å². The third kappa shape index (κ3) is 4.45. The van der Waals surface area contributed by atoms with Crippen molar-refractivity contribution in [2.45, 2.75) is 26.5 Å². The summed E-state index contributed by atoms with van der Waals surface area (Å²) in [6.07, 6.45) is 1.03. The van der Waals surface area contributed by atoms with E-state index in [4.69, 9.17) is 0 Å². The Morgan fingerprint density at radius 1 is 1.44 bits per heavy atom. The van der Waals surface area contributed by atoms with E-state index in [2.05, 4.69) is 32.9 Å².